The van der Waals surface area contributed by atoms with E-state index >= 15 is 0 Å². The van der Waals surface area contributed by atoms with E-state index in [1.807, 2.05) is 11.8 Å². The van der Waals surface area contributed by atoms with Gasteiger partial charge in [-0.1, -0.05) is 11.6 Å². The molecule has 82 valence electrons. The van der Waals surface area contributed by atoms with Crippen LogP contribution in [0.3, 0.4) is 0 Å². The molecule has 0 unspecified atom stereocenters. The molecule has 6 heteroatoms. The Hall–Kier alpha value is -1.07. The number of hydrogen-bond donors (Lipinski definition) is 2. The number of H-pyrrole nitrogens is 1. The maximum absolute atomic E-state index is 11.3. The van der Waals surface area contributed by atoms with Crippen LogP contribution in [0.4, 0.5) is 5.82 Å². The molecule has 0 amide bonds. The van der Waals surface area contributed by atoms with Crippen molar-refractivity contribution >= 4 is 17.4 Å². The van der Waals surface area contributed by atoms with Crippen molar-refractivity contribution in [3.63, 3.8) is 0 Å². The van der Waals surface area contributed by atoms with E-state index in [4.69, 9.17) is 11.6 Å². The zero-order chi connectivity index (χ0) is 10.8. The van der Waals surface area contributed by atoms with Gasteiger partial charge in [0, 0.05) is 19.6 Å². The van der Waals surface area contributed by atoms with Crippen LogP contribution in [0.1, 0.15) is 6.92 Å². The Labute approximate surface area is 92.5 Å². The lowest BCUT2D eigenvalue weighted by atomic mass is 10.1. The predicted molar refractivity (Wildman–Crippen MR) is 59.5 cm³/mol. The number of likely N-dealkylation sites (N-methyl/N-ethyl adjacent to an activating group) is 1. The van der Waals surface area contributed by atoms with E-state index in [9.17, 15) is 4.79 Å². The lowest BCUT2D eigenvalue weighted by Crippen LogP contribution is -2.57. The van der Waals surface area contributed by atoms with Gasteiger partial charge in [0.05, 0.1) is 12.4 Å². The summed E-state index contributed by atoms with van der Waals surface area (Å²) in [4.78, 5) is 19.9. The molecule has 2 rings (SSSR count). The van der Waals surface area contributed by atoms with Gasteiger partial charge in [0.15, 0.2) is 5.82 Å². The Balaban J connectivity index is 2.33. The van der Waals surface area contributed by atoms with E-state index in [0.29, 0.717) is 11.9 Å². The highest BCUT2D eigenvalue weighted by Crippen LogP contribution is 2.21. The summed E-state index contributed by atoms with van der Waals surface area (Å²) in [6.45, 7) is 4.65. The van der Waals surface area contributed by atoms with Crippen molar-refractivity contribution in [3.8, 4) is 0 Å². The zero-order valence-electron chi connectivity index (χ0n) is 8.46. The van der Waals surface area contributed by atoms with E-state index in [2.05, 4.69) is 15.3 Å². The van der Waals surface area contributed by atoms with Gasteiger partial charge in [-0.25, -0.2) is 4.98 Å². The van der Waals surface area contributed by atoms with Crippen LogP contribution in [0.5, 0.6) is 0 Å². The smallest absolute Gasteiger partial charge is 0.271 e. The third kappa shape index (κ3) is 1.85. The molecule has 1 aromatic rings. The van der Waals surface area contributed by atoms with Crippen molar-refractivity contribution in [1.82, 2.24) is 15.3 Å². The van der Waals surface area contributed by atoms with E-state index in [0.717, 1.165) is 19.6 Å². The molecule has 1 fully saturated rings. The number of halogens is 1. The molecule has 0 saturated carbocycles. The molecule has 2 heterocycles. The first-order chi connectivity index (χ1) is 7.24. The number of hydrogen-bond acceptors (Lipinski definition) is 4. The predicted octanol–water partition coefficient (Wildman–Crippen LogP) is 0.221. The first-order valence-electron chi connectivity index (χ1n) is 4.94. The van der Waals surface area contributed by atoms with Crippen molar-refractivity contribution in [1.29, 1.82) is 0 Å². The minimum Gasteiger partial charge on any atom is -0.350 e. The highest BCUT2D eigenvalue weighted by molar-refractivity contribution is 6.32. The lowest BCUT2D eigenvalue weighted by molar-refractivity contribution is 0.415. The molecule has 2 N–H and O–H groups in total. The standard InChI is InChI=1S/C9H13ClN4O/c1-2-14(6-3-11-4-6)8-7(10)9(15)13-5-12-8/h5-6,11H,2-4H2,1H3,(H,12,13,15). The monoisotopic (exact) mass is 228 g/mol. The van der Waals surface area contributed by atoms with Crippen molar-refractivity contribution in [2.45, 2.75) is 13.0 Å². The van der Waals surface area contributed by atoms with E-state index in [-0.39, 0.29) is 10.6 Å². The SMILES string of the molecule is CCN(c1nc[nH]c(=O)c1Cl)C1CNC1. The lowest BCUT2D eigenvalue weighted by Gasteiger charge is -2.38. The van der Waals surface area contributed by atoms with Gasteiger partial charge in [0.2, 0.25) is 0 Å². The molecular weight excluding hydrogens is 216 g/mol. The average Bonchev–Trinajstić information content (AvgIpc) is 2.16. The summed E-state index contributed by atoms with van der Waals surface area (Å²) in [6, 6.07) is 0.391. The summed E-state index contributed by atoms with van der Waals surface area (Å²) >= 11 is 5.92. The van der Waals surface area contributed by atoms with Crippen molar-refractivity contribution in [3.05, 3.63) is 21.7 Å². The van der Waals surface area contributed by atoms with Gasteiger partial charge in [-0.2, -0.15) is 0 Å². The summed E-state index contributed by atoms with van der Waals surface area (Å²) in [7, 11) is 0. The van der Waals surface area contributed by atoms with E-state index < -0.39 is 0 Å². The molecule has 5 nitrogen and oxygen atoms in total. The summed E-state index contributed by atoms with van der Waals surface area (Å²) < 4.78 is 0. The number of aromatic nitrogens is 2. The Kier molecular flexibility index (Phi) is 2.93. The fourth-order valence-electron chi connectivity index (χ4n) is 1.65. The Bertz CT molecular complexity index is 401. The topological polar surface area (TPSA) is 61.0 Å². The molecule has 0 atom stereocenters. The third-order valence-corrected chi connectivity index (χ3v) is 2.93. The average molecular weight is 229 g/mol. The van der Waals surface area contributed by atoms with Gasteiger partial charge in [0.25, 0.3) is 5.56 Å². The number of nitrogens with zero attached hydrogens (tertiary/aromatic N) is 2. The molecule has 0 radical (unpaired) electrons. The van der Waals surface area contributed by atoms with Crippen molar-refractivity contribution in [2.75, 3.05) is 24.5 Å². The molecule has 15 heavy (non-hydrogen) atoms. The van der Waals surface area contributed by atoms with Gasteiger partial charge < -0.3 is 15.2 Å². The summed E-state index contributed by atoms with van der Waals surface area (Å²) in [5.74, 6) is 0.578. The molecular formula is C9H13ClN4O. The molecule has 0 bridgehead atoms. The Morgan fingerprint density at radius 3 is 2.93 bits per heavy atom. The molecule has 1 aromatic heterocycles. The largest absolute Gasteiger partial charge is 0.350 e. The number of anilines is 1. The van der Waals surface area contributed by atoms with E-state index in [1.54, 1.807) is 0 Å². The second kappa shape index (κ2) is 4.20. The van der Waals surface area contributed by atoms with Crippen LogP contribution in [-0.4, -0.2) is 35.6 Å². The molecule has 0 aliphatic carbocycles. The van der Waals surface area contributed by atoms with Crippen LogP contribution >= 0.6 is 11.6 Å². The van der Waals surface area contributed by atoms with Crippen LogP contribution in [0.15, 0.2) is 11.1 Å². The third-order valence-electron chi connectivity index (χ3n) is 2.59. The van der Waals surface area contributed by atoms with Crippen LogP contribution in [0.2, 0.25) is 5.02 Å². The summed E-state index contributed by atoms with van der Waals surface area (Å²) in [5, 5.41) is 3.35. The quantitative estimate of drug-likeness (QED) is 0.777. The molecule has 0 aromatic carbocycles. The molecule has 1 aliphatic heterocycles. The fourth-order valence-corrected chi connectivity index (χ4v) is 1.86. The summed E-state index contributed by atoms with van der Waals surface area (Å²) in [5.41, 5.74) is -0.285. The molecule has 1 aliphatic rings. The van der Waals surface area contributed by atoms with Crippen LogP contribution < -0.4 is 15.8 Å². The fraction of sp³-hybridized carbons (Fsp3) is 0.556. The highest BCUT2D eigenvalue weighted by atomic mass is 35.5. The number of nitrogens with one attached hydrogen (secondary N) is 2. The van der Waals surface area contributed by atoms with E-state index in [1.165, 1.54) is 6.33 Å². The van der Waals surface area contributed by atoms with Crippen LogP contribution in [0, 0.1) is 0 Å². The first-order valence-corrected chi connectivity index (χ1v) is 5.32. The van der Waals surface area contributed by atoms with Gasteiger partial charge in [-0.15, -0.1) is 0 Å². The molecule has 0 spiro atoms. The van der Waals surface area contributed by atoms with Gasteiger partial charge in [-0.3, -0.25) is 4.79 Å². The van der Waals surface area contributed by atoms with Gasteiger partial charge in [-0.05, 0) is 6.92 Å². The summed E-state index contributed by atoms with van der Waals surface area (Å²) in [6.07, 6.45) is 1.39. The number of aromatic amines is 1. The minimum absolute atomic E-state index is 0.172. The first kappa shape index (κ1) is 10.4. The normalized spacial score (nSPS) is 16.1. The maximum atomic E-state index is 11.3. The highest BCUT2D eigenvalue weighted by Gasteiger charge is 2.26. The van der Waals surface area contributed by atoms with Crippen molar-refractivity contribution < 1.29 is 0 Å². The van der Waals surface area contributed by atoms with Gasteiger partial charge >= 0.3 is 0 Å². The maximum Gasteiger partial charge on any atom is 0.271 e. The van der Waals surface area contributed by atoms with Gasteiger partial charge in [0.1, 0.15) is 5.02 Å². The van der Waals surface area contributed by atoms with Crippen LogP contribution in [0.25, 0.3) is 0 Å². The Morgan fingerprint density at radius 1 is 1.67 bits per heavy atom. The number of rotatable bonds is 3. The van der Waals surface area contributed by atoms with Crippen molar-refractivity contribution in [2.24, 2.45) is 0 Å². The minimum atomic E-state index is -0.285. The zero-order valence-corrected chi connectivity index (χ0v) is 9.21. The molecule has 1 saturated heterocycles. The second-order valence-electron chi connectivity index (χ2n) is 3.47. The second-order valence-corrected chi connectivity index (χ2v) is 3.85. The van der Waals surface area contributed by atoms with Crippen LogP contribution in [-0.2, 0) is 0 Å². The Morgan fingerprint density at radius 2 is 2.40 bits per heavy atom.